The van der Waals surface area contributed by atoms with Gasteiger partial charge in [-0.1, -0.05) is 31.0 Å². The Morgan fingerprint density at radius 3 is 2.88 bits per heavy atom. The number of halogens is 1. The van der Waals surface area contributed by atoms with E-state index >= 15 is 0 Å². The SMILES string of the molecule is CCNC(=NCc1cccc(-c2ncn[nH]2)c1)NC1CCCC1.I. The van der Waals surface area contributed by atoms with Gasteiger partial charge in [0, 0.05) is 18.2 Å². The van der Waals surface area contributed by atoms with E-state index in [4.69, 9.17) is 4.99 Å². The Bertz CT molecular complexity index is 634. The molecule has 0 aliphatic heterocycles. The molecule has 0 radical (unpaired) electrons. The Hall–Kier alpha value is -1.64. The first-order chi connectivity index (χ1) is 11.3. The number of aromatic nitrogens is 3. The standard InChI is InChI=1S/C17H24N6.HI/c1-2-18-17(22-15-8-3-4-9-15)19-11-13-6-5-7-14(10-13)16-20-12-21-23-16;/h5-7,10,12,15H,2-4,8-9,11H2,1H3,(H2,18,19,22)(H,20,21,23);1H. The van der Waals surface area contributed by atoms with Crippen LogP contribution in [0.25, 0.3) is 11.4 Å². The highest BCUT2D eigenvalue weighted by atomic mass is 127. The molecule has 0 saturated heterocycles. The maximum Gasteiger partial charge on any atom is 0.191 e. The highest BCUT2D eigenvalue weighted by Gasteiger charge is 2.15. The van der Waals surface area contributed by atoms with Crippen LogP contribution in [0, 0.1) is 0 Å². The number of rotatable bonds is 5. The van der Waals surface area contributed by atoms with Gasteiger partial charge in [-0.15, -0.1) is 24.0 Å². The lowest BCUT2D eigenvalue weighted by molar-refractivity contribution is 0.614. The summed E-state index contributed by atoms with van der Waals surface area (Å²) in [5.74, 6) is 1.69. The highest BCUT2D eigenvalue weighted by Crippen LogP contribution is 2.18. The molecule has 1 aliphatic carbocycles. The second kappa shape index (κ2) is 9.61. The summed E-state index contributed by atoms with van der Waals surface area (Å²) in [6, 6.07) is 8.80. The molecule has 1 aliphatic rings. The Morgan fingerprint density at radius 1 is 1.33 bits per heavy atom. The van der Waals surface area contributed by atoms with Gasteiger partial charge in [0.15, 0.2) is 11.8 Å². The molecule has 1 fully saturated rings. The van der Waals surface area contributed by atoms with Crippen molar-refractivity contribution in [1.29, 1.82) is 0 Å². The van der Waals surface area contributed by atoms with E-state index in [1.54, 1.807) is 0 Å². The summed E-state index contributed by atoms with van der Waals surface area (Å²) in [6.07, 6.45) is 6.64. The van der Waals surface area contributed by atoms with Gasteiger partial charge in [-0.05, 0) is 31.4 Å². The van der Waals surface area contributed by atoms with Gasteiger partial charge in [-0.2, -0.15) is 5.10 Å². The lowest BCUT2D eigenvalue weighted by Gasteiger charge is -2.16. The number of aliphatic imine (C=N–C) groups is 1. The van der Waals surface area contributed by atoms with Crippen molar-refractivity contribution in [1.82, 2.24) is 25.8 Å². The van der Waals surface area contributed by atoms with E-state index in [0.717, 1.165) is 29.5 Å². The zero-order valence-electron chi connectivity index (χ0n) is 14.0. The van der Waals surface area contributed by atoms with Crippen molar-refractivity contribution in [2.24, 2.45) is 4.99 Å². The normalized spacial score (nSPS) is 15.1. The minimum absolute atomic E-state index is 0. The van der Waals surface area contributed by atoms with Crippen LogP contribution >= 0.6 is 24.0 Å². The summed E-state index contributed by atoms with van der Waals surface area (Å²) in [4.78, 5) is 8.91. The Labute approximate surface area is 160 Å². The summed E-state index contributed by atoms with van der Waals surface area (Å²) in [6.45, 7) is 3.61. The van der Waals surface area contributed by atoms with Crippen LogP contribution in [0.5, 0.6) is 0 Å². The molecule has 3 N–H and O–H groups in total. The van der Waals surface area contributed by atoms with Gasteiger partial charge < -0.3 is 10.6 Å². The third-order valence-corrected chi connectivity index (χ3v) is 4.08. The number of benzene rings is 1. The van der Waals surface area contributed by atoms with Crippen molar-refractivity contribution >= 4 is 29.9 Å². The molecule has 0 bridgehead atoms. The summed E-state index contributed by atoms with van der Waals surface area (Å²) in [7, 11) is 0. The van der Waals surface area contributed by atoms with Crippen molar-refractivity contribution in [3.8, 4) is 11.4 Å². The molecule has 3 rings (SSSR count). The van der Waals surface area contributed by atoms with E-state index in [1.165, 1.54) is 32.0 Å². The second-order valence-corrected chi connectivity index (χ2v) is 5.86. The first kappa shape index (κ1) is 18.7. The molecule has 0 amide bonds. The van der Waals surface area contributed by atoms with Crippen LogP contribution in [0.4, 0.5) is 0 Å². The van der Waals surface area contributed by atoms with E-state index < -0.39 is 0 Å². The fraction of sp³-hybridized carbons (Fsp3) is 0.471. The van der Waals surface area contributed by atoms with Crippen LogP contribution in [0.1, 0.15) is 38.2 Å². The van der Waals surface area contributed by atoms with Crippen molar-refractivity contribution in [2.45, 2.75) is 45.2 Å². The first-order valence-corrected chi connectivity index (χ1v) is 8.34. The van der Waals surface area contributed by atoms with Crippen molar-refractivity contribution in [2.75, 3.05) is 6.54 Å². The fourth-order valence-electron chi connectivity index (χ4n) is 2.92. The summed E-state index contributed by atoms with van der Waals surface area (Å²) >= 11 is 0. The van der Waals surface area contributed by atoms with Gasteiger partial charge in [0.1, 0.15) is 6.33 Å². The van der Waals surface area contributed by atoms with Crippen LogP contribution in [-0.2, 0) is 6.54 Å². The molecule has 0 atom stereocenters. The smallest absolute Gasteiger partial charge is 0.191 e. The maximum atomic E-state index is 4.72. The predicted octanol–water partition coefficient (Wildman–Crippen LogP) is 3.09. The van der Waals surface area contributed by atoms with Crippen LogP contribution < -0.4 is 10.6 Å². The van der Waals surface area contributed by atoms with Gasteiger partial charge in [0.25, 0.3) is 0 Å². The zero-order valence-corrected chi connectivity index (χ0v) is 16.3. The largest absolute Gasteiger partial charge is 0.357 e. The Morgan fingerprint density at radius 2 is 2.17 bits per heavy atom. The molecule has 24 heavy (non-hydrogen) atoms. The average Bonchev–Trinajstić information content (AvgIpc) is 3.27. The molecular weight excluding hydrogens is 415 g/mol. The van der Waals surface area contributed by atoms with Crippen LogP contribution in [0.2, 0.25) is 0 Å². The maximum absolute atomic E-state index is 4.72. The van der Waals surface area contributed by atoms with Gasteiger partial charge in [0.05, 0.1) is 6.54 Å². The van der Waals surface area contributed by atoms with Crippen molar-refractivity contribution in [3.05, 3.63) is 36.2 Å². The number of H-pyrrole nitrogens is 1. The first-order valence-electron chi connectivity index (χ1n) is 8.34. The van der Waals surface area contributed by atoms with Crippen molar-refractivity contribution < 1.29 is 0 Å². The number of aromatic amines is 1. The zero-order chi connectivity index (χ0) is 15.9. The molecule has 6 nitrogen and oxygen atoms in total. The van der Waals surface area contributed by atoms with Gasteiger partial charge in [0.2, 0.25) is 0 Å². The lowest BCUT2D eigenvalue weighted by atomic mass is 10.1. The fourth-order valence-corrected chi connectivity index (χ4v) is 2.92. The monoisotopic (exact) mass is 440 g/mol. The van der Waals surface area contributed by atoms with E-state index in [-0.39, 0.29) is 24.0 Å². The predicted molar refractivity (Wildman–Crippen MR) is 107 cm³/mol. The lowest BCUT2D eigenvalue weighted by Crippen LogP contribution is -2.42. The summed E-state index contributed by atoms with van der Waals surface area (Å²) < 4.78 is 0. The average molecular weight is 440 g/mol. The number of hydrogen-bond donors (Lipinski definition) is 3. The third kappa shape index (κ3) is 5.19. The molecule has 7 heteroatoms. The molecule has 2 aromatic rings. The van der Waals surface area contributed by atoms with Crippen molar-refractivity contribution in [3.63, 3.8) is 0 Å². The quantitative estimate of drug-likeness (QED) is 0.380. The molecule has 130 valence electrons. The molecule has 1 aromatic heterocycles. The molecule has 0 unspecified atom stereocenters. The van der Waals surface area contributed by atoms with E-state index in [9.17, 15) is 0 Å². The minimum Gasteiger partial charge on any atom is -0.357 e. The molecule has 0 spiro atoms. The van der Waals surface area contributed by atoms with E-state index in [2.05, 4.69) is 44.9 Å². The van der Waals surface area contributed by atoms with E-state index in [1.807, 2.05) is 12.1 Å². The Balaban J connectivity index is 0.00000208. The number of nitrogens with one attached hydrogen (secondary N) is 3. The van der Waals surface area contributed by atoms with Crippen LogP contribution in [-0.4, -0.2) is 33.7 Å². The molecule has 1 aromatic carbocycles. The number of hydrogen-bond acceptors (Lipinski definition) is 3. The molecular formula is C17H25IN6. The van der Waals surface area contributed by atoms with Gasteiger partial charge in [-0.3, -0.25) is 5.10 Å². The van der Waals surface area contributed by atoms with Crippen LogP contribution in [0.15, 0.2) is 35.6 Å². The topological polar surface area (TPSA) is 78.0 Å². The number of nitrogens with zero attached hydrogens (tertiary/aromatic N) is 3. The minimum atomic E-state index is 0. The summed E-state index contributed by atoms with van der Waals surface area (Å²) in [5, 5.41) is 13.7. The summed E-state index contributed by atoms with van der Waals surface area (Å²) in [5.41, 5.74) is 2.19. The number of guanidine groups is 1. The third-order valence-electron chi connectivity index (χ3n) is 4.08. The highest BCUT2D eigenvalue weighted by molar-refractivity contribution is 14.0. The second-order valence-electron chi connectivity index (χ2n) is 5.86. The Kier molecular flexibility index (Phi) is 7.48. The molecule has 1 saturated carbocycles. The van der Waals surface area contributed by atoms with Crippen LogP contribution in [0.3, 0.4) is 0 Å². The molecule has 1 heterocycles. The van der Waals surface area contributed by atoms with Gasteiger partial charge in [-0.25, -0.2) is 9.98 Å². The van der Waals surface area contributed by atoms with E-state index in [0.29, 0.717) is 12.6 Å². The van der Waals surface area contributed by atoms with Gasteiger partial charge >= 0.3 is 0 Å².